The van der Waals surface area contributed by atoms with Crippen LogP contribution in [0.2, 0.25) is 5.02 Å². The van der Waals surface area contributed by atoms with Crippen molar-refractivity contribution in [3.8, 4) is 0 Å². The Morgan fingerprint density at radius 2 is 2.00 bits per heavy atom. The summed E-state index contributed by atoms with van der Waals surface area (Å²) in [4.78, 5) is 38.6. The molecule has 0 aromatic carbocycles. The normalized spacial score (nSPS) is 30.6. The van der Waals surface area contributed by atoms with Crippen LogP contribution in [-0.4, -0.2) is 57.8 Å². The van der Waals surface area contributed by atoms with E-state index in [1.807, 2.05) is 0 Å². The maximum atomic E-state index is 13.1. The van der Waals surface area contributed by atoms with Crippen molar-refractivity contribution in [1.82, 2.24) is 25.2 Å². The molecule has 2 aliphatic rings. The van der Waals surface area contributed by atoms with Gasteiger partial charge < -0.3 is 15.0 Å². The first-order valence-electron chi connectivity index (χ1n) is 11.2. The third-order valence-electron chi connectivity index (χ3n) is 3.43. The van der Waals surface area contributed by atoms with Gasteiger partial charge in [-0.15, -0.1) is 12.4 Å². The minimum Gasteiger partial charge on any atom is -0.419 e. The molecule has 0 bridgehead atoms. The standard InChI is InChI=1S/C16H15ClN6O3.ClH/c17-10-1-2-11(21-9-10)23-14(24)12-13(20-4-3-19-12)15(23)26-16(25)22-7-5-18-6-8-22;/h1-4,9,15,18H,5-8H2;1H/i5D2,6D2,7D2,8D2;. The molecule has 2 aromatic rings. The number of nitrogens with zero attached hydrogens (tertiary/aromatic N) is 5. The Balaban J connectivity index is 0.00000342. The molecule has 0 radical (unpaired) electrons. The maximum Gasteiger partial charge on any atom is 0.412 e. The number of anilines is 1. The summed E-state index contributed by atoms with van der Waals surface area (Å²) >= 11 is 5.84. The number of aromatic nitrogens is 3. The fourth-order valence-electron chi connectivity index (χ4n) is 2.35. The molecule has 0 saturated carbocycles. The van der Waals surface area contributed by atoms with Gasteiger partial charge in [-0.3, -0.25) is 9.78 Å². The van der Waals surface area contributed by atoms with Gasteiger partial charge in [-0.25, -0.2) is 19.7 Å². The quantitative estimate of drug-likeness (QED) is 0.790. The van der Waals surface area contributed by atoms with Gasteiger partial charge in [-0.1, -0.05) is 11.6 Å². The Kier molecular flexibility index (Phi) is 3.38. The van der Waals surface area contributed by atoms with E-state index in [-0.39, 0.29) is 39.5 Å². The predicted octanol–water partition coefficient (Wildman–Crippen LogP) is 1.65. The van der Waals surface area contributed by atoms with Crippen molar-refractivity contribution in [2.45, 2.75) is 6.23 Å². The number of ether oxygens (including phenoxy) is 1. The van der Waals surface area contributed by atoms with Crippen LogP contribution in [0.25, 0.3) is 0 Å². The Morgan fingerprint density at radius 1 is 1.26 bits per heavy atom. The third-order valence-corrected chi connectivity index (χ3v) is 3.65. The Labute approximate surface area is 177 Å². The fraction of sp³-hybridized carbons (Fsp3) is 0.312. The van der Waals surface area contributed by atoms with Crippen LogP contribution in [0.15, 0.2) is 30.7 Å². The van der Waals surface area contributed by atoms with Crippen LogP contribution in [0, 0.1) is 0 Å². The number of amides is 2. The number of carbonyl (C=O) groups is 2. The number of piperazine rings is 1. The molecule has 4 heterocycles. The van der Waals surface area contributed by atoms with Gasteiger partial charge in [-0.05, 0) is 12.1 Å². The van der Waals surface area contributed by atoms with Gasteiger partial charge in [0, 0.05) is 50.1 Å². The summed E-state index contributed by atoms with van der Waals surface area (Å²) in [6, 6.07) is 2.73. The van der Waals surface area contributed by atoms with Crippen molar-refractivity contribution >= 4 is 41.8 Å². The van der Waals surface area contributed by atoms with Crippen LogP contribution < -0.4 is 10.2 Å². The van der Waals surface area contributed by atoms with E-state index in [2.05, 4.69) is 15.0 Å². The molecule has 1 fully saturated rings. The number of halogens is 2. The topological polar surface area (TPSA) is 101 Å². The van der Waals surface area contributed by atoms with E-state index in [0.29, 0.717) is 0 Å². The molecule has 0 spiro atoms. The van der Waals surface area contributed by atoms with Crippen LogP contribution in [0.5, 0.6) is 0 Å². The highest BCUT2D eigenvalue weighted by Gasteiger charge is 2.44. The molecule has 4 rings (SSSR count). The summed E-state index contributed by atoms with van der Waals surface area (Å²) in [6.07, 6.45) is 0.135. The average Bonchev–Trinajstić information content (AvgIpc) is 2.98. The molecule has 1 saturated heterocycles. The first-order chi connectivity index (χ1) is 15.6. The number of hydrogen-bond acceptors (Lipinski definition) is 7. The first kappa shape index (κ1) is 11.4. The smallest absolute Gasteiger partial charge is 0.412 e. The lowest BCUT2D eigenvalue weighted by Gasteiger charge is -2.30. The highest BCUT2D eigenvalue weighted by atomic mass is 35.5. The minimum atomic E-state index is -3.42. The average molecular weight is 419 g/mol. The van der Waals surface area contributed by atoms with Gasteiger partial charge in [0.15, 0.2) is 5.69 Å². The summed E-state index contributed by atoms with van der Waals surface area (Å²) in [5, 5.41) is 1.85. The van der Waals surface area contributed by atoms with Crippen LogP contribution >= 0.6 is 24.0 Å². The highest BCUT2D eigenvalue weighted by Crippen LogP contribution is 2.35. The van der Waals surface area contributed by atoms with E-state index in [1.165, 1.54) is 30.7 Å². The van der Waals surface area contributed by atoms with Gasteiger partial charge in [0.05, 0.1) is 10.5 Å². The number of fused-ring (bicyclic) bond motifs is 1. The summed E-state index contributed by atoms with van der Waals surface area (Å²) in [6.45, 7) is -13.3. The largest absolute Gasteiger partial charge is 0.419 e. The number of nitrogens with one attached hydrogen (secondary N) is 1. The Morgan fingerprint density at radius 3 is 2.70 bits per heavy atom. The van der Waals surface area contributed by atoms with Crippen molar-refractivity contribution in [3.63, 3.8) is 0 Å². The monoisotopic (exact) mass is 418 g/mol. The molecular formula is C16H16Cl2N6O3. The summed E-state index contributed by atoms with van der Waals surface area (Å²) in [7, 11) is 0. The third kappa shape index (κ3) is 3.66. The van der Waals surface area contributed by atoms with Crippen molar-refractivity contribution in [2.24, 2.45) is 0 Å². The Bertz CT molecular complexity index is 1150. The second-order valence-electron chi connectivity index (χ2n) is 4.97. The molecule has 2 aliphatic heterocycles. The molecule has 142 valence electrons. The van der Waals surface area contributed by atoms with Crippen molar-refractivity contribution < 1.29 is 25.3 Å². The van der Waals surface area contributed by atoms with Crippen LogP contribution in [0.1, 0.15) is 33.4 Å². The number of rotatable bonds is 2. The molecule has 2 amide bonds. The van der Waals surface area contributed by atoms with Gasteiger partial charge in [-0.2, -0.15) is 0 Å². The number of pyridine rings is 1. The van der Waals surface area contributed by atoms with E-state index >= 15 is 0 Å². The van der Waals surface area contributed by atoms with E-state index in [0.717, 1.165) is 4.90 Å². The van der Waals surface area contributed by atoms with Crippen LogP contribution in [0.3, 0.4) is 0 Å². The molecule has 1 N–H and O–H groups in total. The first-order valence-corrected chi connectivity index (χ1v) is 7.56. The van der Waals surface area contributed by atoms with Gasteiger partial charge >= 0.3 is 6.09 Å². The highest BCUT2D eigenvalue weighted by molar-refractivity contribution is 6.30. The summed E-state index contributed by atoms with van der Waals surface area (Å²) < 4.78 is 68.8. The summed E-state index contributed by atoms with van der Waals surface area (Å²) in [5.41, 5.74) is -0.381. The predicted molar refractivity (Wildman–Crippen MR) is 99.0 cm³/mol. The molecule has 11 heteroatoms. The van der Waals surface area contributed by atoms with E-state index < -0.39 is 44.2 Å². The number of hydrogen-bond donors (Lipinski definition) is 1. The lowest BCUT2D eigenvalue weighted by Crippen LogP contribution is -2.47. The minimum absolute atomic E-state index is 0. The van der Waals surface area contributed by atoms with Gasteiger partial charge in [0.1, 0.15) is 11.5 Å². The van der Waals surface area contributed by atoms with Crippen molar-refractivity contribution in [1.29, 1.82) is 0 Å². The number of carbonyl (C=O) groups excluding carboxylic acids is 2. The van der Waals surface area contributed by atoms with Gasteiger partial charge in [0.25, 0.3) is 5.91 Å². The molecular weight excluding hydrogens is 395 g/mol. The van der Waals surface area contributed by atoms with E-state index in [9.17, 15) is 9.59 Å². The van der Waals surface area contributed by atoms with Crippen LogP contribution in [-0.2, 0) is 4.74 Å². The molecule has 27 heavy (non-hydrogen) atoms. The zero-order valence-electron chi connectivity index (χ0n) is 21.2. The van der Waals surface area contributed by atoms with E-state index in [4.69, 9.17) is 27.3 Å². The second-order valence-corrected chi connectivity index (χ2v) is 5.41. The lowest BCUT2D eigenvalue weighted by molar-refractivity contribution is 0.0565. The van der Waals surface area contributed by atoms with Crippen molar-refractivity contribution in [2.75, 3.05) is 30.9 Å². The fourth-order valence-corrected chi connectivity index (χ4v) is 2.46. The Hall–Kier alpha value is -2.49. The van der Waals surface area contributed by atoms with Gasteiger partial charge in [0.2, 0.25) is 6.23 Å². The zero-order chi connectivity index (χ0) is 25.3. The molecule has 2 aromatic heterocycles. The molecule has 9 nitrogen and oxygen atoms in total. The lowest BCUT2D eigenvalue weighted by atomic mass is 10.3. The van der Waals surface area contributed by atoms with E-state index in [1.54, 1.807) is 5.32 Å². The molecule has 1 atom stereocenters. The molecule has 0 aliphatic carbocycles. The maximum absolute atomic E-state index is 13.1. The van der Waals surface area contributed by atoms with Crippen LogP contribution in [0.4, 0.5) is 10.6 Å². The zero-order valence-corrected chi connectivity index (χ0v) is 14.8. The second kappa shape index (κ2) is 8.03. The SMILES string of the molecule is Cl.[2H]C1([2H])NC([2H])([2H])C([2H])([2H])N(C(=O)OC2c3nccnc3C(=O)N2c2ccc(Cl)cn2)C1([2H])[2H]. The van der Waals surface area contributed by atoms with Crippen molar-refractivity contribution in [3.05, 3.63) is 47.1 Å². The molecule has 1 unspecified atom stereocenters. The summed E-state index contributed by atoms with van der Waals surface area (Å²) in [5.74, 6) is -0.836.